The van der Waals surface area contributed by atoms with Gasteiger partial charge >= 0.3 is 0 Å². The molecule has 2 heterocycles. The van der Waals surface area contributed by atoms with Gasteiger partial charge in [0, 0.05) is 5.56 Å². The van der Waals surface area contributed by atoms with E-state index in [4.69, 9.17) is 10.8 Å². The average Bonchev–Trinajstić information content (AvgIpc) is 3.06. The molecule has 1 atom stereocenters. The fourth-order valence-corrected chi connectivity index (χ4v) is 2.35. The van der Waals surface area contributed by atoms with Crippen molar-refractivity contribution in [3.05, 3.63) is 48.4 Å². The average molecular weight is 298 g/mol. The minimum atomic E-state index is -0.258. The number of carbonyl (C=O) groups excluding carboxylic acids is 1. The Morgan fingerprint density at radius 2 is 2.18 bits per heavy atom. The normalized spacial score (nSPS) is 15.5. The monoisotopic (exact) mass is 298 g/mol. The van der Waals surface area contributed by atoms with Crippen molar-refractivity contribution in [3.8, 4) is 11.3 Å². The number of amides is 1. The highest BCUT2D eigenvalue weighted by atomic mass is 16.2. The zero-order valence-electron chi connectivity index (χ0n) is 12.1. The molecule has 114 valence electrons. The molecule has 1 amide bonds. The molecule has 0 saturated carbocycles. The van der Waals surface area contributed by atoms with Crippen LogP contribution >= 0.6 is 0 Å². The number of imidazole rings is 1. The molecule has 1 aliphatic heterocycles. The van der Waals surface area contributed by atoms with Gasteiger partial charge in [0.15, 0.2) is 0 Å². The lowest BCUT2D eigenvalue weighted by Gasteiger charge is -2.08. The third kappa shape index (κ3) is 2.93. The second-order valence-corrected chi connectivity index (χ2v) is 5.18. The van der Waals surface area contributed by atoms with Crippen LogP contribution in [0.5, 0.6) is 0 Å². The van der Waals surface area contributed by atoms with E-state index in [2.05, 4.69) is 9.97 Å². The number of para-hydroxylation sites is 1. The standard InChI is InChI=1S/C16H18N4O2/c17-12(6-3-4-8-21)16-18-9-13(19-16)11-5-1-2-7-14(11)20-10-15(20)22/h1-5,7,9,12,21H,6,8,10,17H2,(H,18,19)/b4-3+/t12-,20?/m0/s1. The summed E-state index contributed by atoms with van der Waals surface area (Å²) >= 11 is 0. The van der Waals surface area contributed by atoms with Crippen LogP contribution in [0, 0.1) is 0 Å². The quantitative estimate of drug-likeness (QED) is 0.554. The van der Waals surface area contributed by atoms with Gasteiger partial charge in [-0.05, 0) is 12.5 Å². The summed E-state index contributed by atoms with van der Waals surface area (Å²) in [6, 6.07) is 7.45. The van der Waals surface area contributed by atoms with Crippen molar-refractivity contribution in [2.45, 2.75) is 12.5 Å². The first kappa shape index (κ1) is 14.5. The maximum Gasteiger partial charge on any atom is 0.247 e. The van der Waals surface area contributed by atoms with E-state index in [9.17, 15) is 4.79 Å². The predicted molar refractivity (Wildman–Crippen MR) is 84.1 cm³/mol. The lowest BCUT2D eigenvalue weighted by molar-refractivity contribution is -0.109. The van der Waals surface area contributed by atoms with Crippen molar-refractivity contribution in [1.29, 1.82) is 0 Å². The number of carbonyl (C=O) groups is 1. The molecule has 1 aromatic carbocycles. The van der Waals surface area contributed by atoms with Crippen LogP contribution < -0.4 is 10.6 Å². The second kappa shape index (κ2) is 6.13. The highest BCUT2D eigenvalue weighted by Gasteiger charge is 2.33. The number of hydrogen-bond acceptors (Lipinski definition) is 4. The Labute approximate surface area is 128 Å². The Balaban J connectivity index is 1.82. The van der Waals surface area contributed by atoms with Crippen LogP contribution in [0.3, 0.4) is 0 Å². The minimum absolute atomic E-state index is 0.00730. The van der Waals surface area contributed by atoms with Gasteiger partial charge in [-0.2, -0.15) is 0 Å². The van der Waals surface area contributed by atoms with Crippen LogP contribution in [-0.4, -0.2) is 34.1 Å². The van der Waals surface area contributed by atoms with E-state index in [1.165, 1.54) is 0 Å². The van der Waals surface area contributed by atoms with Gasteiger partial charge in [-0.3, -0.25) is 4.79 Å². The number of H-pyrrole nitrogens is 1. The smallest absolute Gasteiger partial charge is 0.247 e. The third-order valence-corrected chi connectivity index (χ3v) is 3.58. The molecule has 1 aromatic heterocycles. The third-order valence-electron chi connectivity index (χ3n) is 3.58. The molecule has 1 aliphatic rings. The zero-order chi connectivity index (χ0) is 15.5. The highest BCUT2D eigenvalue weighted by Crippen LogP contribution is 2.33. The van der Waals surface area contributed by atoms with E-state index >= 15 is 0 Å². The number of benzene rings is 1. The van der Waals surface area contributed by atoms with Gasteiger partial charge in [-0.15, -0.1) is 0 Å². The molecule has 22 heavy (non-hydrogen) atoms. The van der Waals surface area contributed by atoms with E-state index in [1.807, 2.05) is 30.3 Å². The first-order chi connectivity index (χ1) is 10.7. The molecule has 6 nitrogen and oxygen atoms in total. The number of hydrogen-bond donors (Lipinski definition) is 3. The van der Waals surface area contributed by atoms with Crippen LogP contribution in [0.15, 0.2) is 42.6 Å². The first-order valence-electron chi connectivity index (χ1n) is 7.17. The molecule has 1 saturated heterocycles. The van der Waals surface area contributed by atoms with Crippen LogP contribution in [0.25, 0.3) is 11.3 Å². The second-order valence-electron chi connectivity index (χ2n) is 5.18. The van der Waals surface area contributed by atoms with Crippen molar-refractivity contribution < 1.29 is 9.90 Å². The molecular weight excluding hydrogens is 280 g/mol. The minimum Gasteiger partial charge on any atom is -0.392 e. The Morgan fingerprint density at radius 3 is 2.91 bits per heavy atom. The predicted octanol–water partition coefficient (Wildman–Crippen LogP) is 1.36. The van der Waals surface area contributed by atoms with E-state index in [0.717, 1.165) is 16.9 Å². The Bertz CT molecular complexity index is 708. The van der Waals surface area contributed by atoms with Crippen molar-refractivity contribution in [3.63, 3.8) is 0 Å². The van der Waals surface area contributed by atoms with Gasteiger partial charge in [0.05, 0.1) is 30.2 Å². The van der Waals surface area contributed by atoms with Gasteiger partial charge < -0.3 is 20.7 Å². The van der Waals surface area contributed by atoms with Crippen molar-refractivity contribution >= 4 is 11.6 Å². The number of nitrogens with zero attached hydrogens (tertiary/aromatic N) is 2. The first-order valence-corrected chi connectivity index (χ1v) is 7.17. The van der Waals surface area contributed by atoms with Gasteiger partial charge in [0.25, 0.3) is 0 Å². The summed E-state index contributed by atoms with van der Waals surface area (Å²) in [5.74, 6) is 0.808. The zero-order valence-corrected chi connectivity index (χ0v) is 12.1. The van der Waals surface area contributed by atoms with Gasteiger partial charge in [-0.25, -0.2) is 4.98 Å². The molecule has 2 aromatic rings. The SMILES string of the molecule is N[C@@H](C/C=C/CO)c1ncc(-c2ccccc2N2CC2=O)[nH]1. The van der Waals surface area contributed by atoms with Crippen LogP contribution in [-0.2, 0) is 4.79 Å². The lowest BCUT2D eigenvalue weighted by Crippen LogP contribution is -2.11. The summed E-state index contributed by atoms with van der Waals surface area (Å²) < 4.78 is 0. The van der Waals surface area contributed by atoms with Crippen molar-refractivity contribution in [2.75, 3.05) is 18.1 Å². The number of anilines is 1. The molecule has 0 unspecified atom stereocenters. The summed E-state index contributed by atoms with van der Waals surface area (Å²) in [5.41, 5.74) is 8.73. The Hall–Kier alpha value is -2.44. The number of nitrogens with two attached hydrogens (primary N) is 1. The van der Waals surface area contributed by atoms with Gasteiger partial charge in [-0.1, -0.05) is 30.4 Å². The number of aliphatic hydroxyl groups excluding tert-OH is 1. The summed E-state index contributed by atoms with van der Waals surface area (Å²) in [4.78, 5) is 20.7. The number of rotatable bonds is 6. The molecule has 0 aliphatic carbocycles. The van der Waals surface area contributed by atoms with Gasteiger partial charge in [0.2, 0.25) is 5.91 Å². The largest absolute Gasteiger partial charge is 0.392 e. The fraction of sp³-hybridized carbons (Fsp3) is 0.250. The maximum atomic E-state index is 11.4. The molecule has 6 heteroatoms. The highest BCUT2D eigenvalue weighted by molar-refractivity contribution is 6.13. The maximum absolute atomic E-state index is 11.4. The van der Waals surface area contributed by atoms with Gasteiger partial charge in [0.1, 0.15) is 12.4 Å². The Morgan fingerprint density at radius 1 is 1.41 bits per heavy atom. The van der Waals surface area contributed by atoms with Crippen molar-refractivity contribution in [2.24, 2.45) is 5.73 Å². The number of aromatic nitrogens is 2. The molecule has 4 N–H and O–H groups in total. The Kier molecular flexibility index (Phi) is 4.04. The van der Waals surface area contributed by atoms with Crippen LogP contribution in [0.4, 0.5) is 5.69 Å². The summed E-state index contributed by atoms with van der Waals surface area (Å²) in [6.07, 6.45) is 5.82. The van der Waals surface area contributed by atoms with E-state index in [0.29, 0.717) is 18.8 Å². The fourth-order valence-electron chi connectivity index (χ4n) is 2.35. The van der Waals surface area contributed by atoms with E-state index in [1.54, 1.807) is 17.2 Å². The van der Waals surface area contributed by atoms with Crippen molar-refractivity contribution in [1.82, 2.24) is 9.97 Å². The number of nitrogens with one attached hydrogen (secondary N) is 1. The summed E-state index contributed by atoms with van der Waals surface area (Å²) in [7, 11) is 0. The molecule has 0 bridgehead atoms. The molecule has 0 radical (unpaired) electrons. The lowest BCUT2D eigenvalue weighted by atomic mass is 10.1. The van der Waals surface area contributed by atoms with E-state index < -0.39 is 0 Å². The van der Waals surface area contributed by atoms with Crippen LogP contribution in [0.2, 0.25) is 0 Å². The topological polar surface area (TPSA) is 95.0 Å². The molecule has 1 fully saturated rings. The number of aromatic amines is 1. The molecule has 0 spiro atoms. The molecular formula is C16H18N4O2. The molecule has 3 rings (SSSR count). The summed E-state index contributed by atoms with van der Waals surface area (Å²) in [5, 5.41) is 8.73. The van der Waals surface area contributed by atoms with Crippen LogP contribution in [0.1, 0.15) is 18.3 Å². The van der Waals surface area contributed by atoms with E-state index in [-0.39, 0.29) is 18.6 Å². The number of aliphatic hydroxyl groups is 1. The summed E-state index contributed by atoms with van der Waals surface area (Å²) in [6.45, 7) is 0.469.